The molecule has 0 aromatic carbocycles. The van der Waals surface area contributed by atoms with Crippen molar-refractivity contribution in [1.82, 2.24) is 5.32 Å². The molecule has 112 valence electrons. The zero-order chi connectivity index (χ0) is 15.1. The summed E-state index contributed by atoms with van der Waals surface area (Å²) in [7, 11) is 1.56. The van der Waals surface area contributed by atoms with Gasteiger partial charge in [0, 0.05) is 18.6 Å². The monoisotopic (exact) mass is 299 g/mol. The number of carboxylic acid groups (broad SMARTS) is 1. The van der Waals surface area contributed by atoms with Crippen LogP contribution < -0.4 is 5.32 Å². The first kappa shape index (κ1) is 16.7. The van der Waals surface area contributed by atoms with Crippen molar-refractivity contribution in [2.45, 2.75) is 39.2 Å². The van der Waals surface area contributed by atoms with Crippen molar-refractivity contribution < 1.29 is 19.4 Å². The number of aliphatic carboxylic acids is 1. The molecule has 0 radical (unpaired) electrons. The van der Waals surface area contributed by atoms with Gasteiger partial charge in [-0.3, -0.25) is 4.79 Å². The average molecular weight is 299 g/mol. The van der Waals surface area contributed by atoms with Crippen LogP contribution in [-0.2, 0) is 16.0 Å². The van der Waals surface area contributed by atoms with Crippen molar-refractivity contribution in [3.8, 4) is 0 Å². The van der Waals surface area contributed by atoms with Crippen LogP contribution in [0.25, 0.3) is 0 Å². The van der Waals surface area contributed by atoms with E-state index in [1.165, 1.54) is 11.3 Å². The van der Waals surface area contributed by atoms with Gasteiger partial charge in [-0.1, -0.05) is 6.92 Å². The second-order valence-corrected chi connectivity index (χ2v) is 5.71. The Morgan fingerprint density at radius 2 is 2.20 bits per heavy atom. The van der Waals surface area contributed by atoms with Crippen LogP contribution in [0, 0.1) is 6.92 Å². The third kappa shape index (κ3) is 4.61. The van der Waals surface area contributed by atoms with Gasteiger partial charge >= 0.3 is 5.97 Å². The molecule has 1 rings (SSSR count). The van der Waals surface area contributed by atoms with Gasteiger partial charge in [-0.15, -0.1) is 11.3 Å². The van der Waals surface area contributed by atoms with Crippen LogP contribution in [0.1, 0.15) is 39.9 Å². The number of ether oxygens (including phenoxy) is 1. The molecule has 1 amide bonds. The van der Waals surface area contributed by atoms with Gasteiger partial charge in [-0.05, 0) is 37.8 Å². The van der Waals surface area contributed by atoms with E-state index in [4.69, 9.17) is 9.84 Å². The van der Waals surface area contributed by atoms with E-state index in [1.807, 2.05) is 19.9 Å². The number of nitrogens with one attached hydrogen (secondary N) is 1. The predicted molar refractivity (Wildman–Crippen MR) is 78.4 cm³/mol. The van der Waals surface area contributed by atoms with Crippen LogP contribution in [0.3, 0.4) is 0 Å². The Morgan fingerprint density at radius 3 is 2.70 bits per heavy atom. The highest BCUT2D eigenvalue weighted by Gasteiger charge is 2.21. The Balaban J connectivity index is 2.67. The van der Waals surface area contributed by atoms with Crippen molar-refractivity contribution in [3.05, 3.63) is 21.4 Å². The van der Waals surface area contributed by atoms with Gasteiger partial charge in [-0.2, -0.15) is 0 Å². The molecule has 0 aliphatic heterocycles. The number of aryl methyl sites for hydroxylation is 2. The molecule has 0 saturated carbocycles. The summed E-state index contributed by atoms with van der Waals surface area (Å²) in [5, 5.41) is 11.7. The maximum atomic E-state index is 12.1. The van der Waals surface area contributed by atoms with E-state index in [9.17, 15) is 9.59 Å². The third-order valence-corrected chi connectivity index (χ3v) is 4.39. The van der Waals surface area contributed by atoms with E-state index in [0.29, 0.717) is 24.3 Å². The second kappa shape index (κ2) is 8.01. The van der Waals surface area contributed by atoms with Gasteiger partial charge in [0.1, 0.15) is 6.04 Å². The summed E-state index contributed by atoms with van der Waals surface area (Å²) in [6.45, 7) is 4.47. The number of hydrogen-bond donors (Lipinski definition) is 2. The number of amides is 1. The van der Waals surface area contributed by atoms with E-state index in [1.54, 1.807) is 7.11 Å². The fraction of sp³-hybridized carbons (Fsp3) is 0.571. The van der Waals surface area contributed by atoms with Gasteiger partial charge in [0.25, 0.3) is 5.91 Å². The molecule has 5 nitrogen and oxygen atoms in total. The van der Waals surface area contributed by atoms with Crippen LogP contribution >= 0.6 is 11.3 Å². The quantitative estimate of drug-likeness (QED) is 0.722. The summed E-state index contributed by atoms with van der Waals surface area (Å²) in [4.78, 5) is 24.9. The zero-order valence-corrected chi connectivity index (χ0v) is 12.9. The fourth-order valence-electron chi connectivity index (χ4n) is 1.90. The van der Waals surface area contributed by atoms with Crippen LogP contribution in [0.4, 0.5) is 0 Å². The lowest BCUT2D eigenvalue weighted by atomic mass is 10.1. The largest absolute Gasteiger partial charge is 0.480 e. The number of rotatable bonds is 8. The minimum Gasteiger partial charge on any atom is -0.480 e. The lowest BCUT2D eigenvalue weighted by Crippen LogP contribution is -2.40. The smallest absolute Gasteiger partial charge is 0.326 e. The number of methoxy groups -OCH3 is 1. The van der Waals surface area contributed by atoms with E-state index in [0.717, 1.165) is 16.9 Å². The van der Waals surface area contributed by atoms with Crippen molar-refractivity contribution in [2.75, 3.05) is 13.7 Å². The highest BCUT2D eigenvalue weighted by molar-refractivity contribution is 7.14. The van der Waals surface area contributed by atoms with Crippen LogP contribution in [0.2, 0.25) is 0 Å². The van der Waals surface area contributed by atoms with Gasteiger partial charge in [0.15, 0.2) is 0 Å². The summed E-state index contributed by atoms with van der Waals surface area (Å²) in [6.07, 6.45) is 1.83. The lowest BCUT2D eigenvalue weighted by molar-refractivity contribution is -0.139. The zero-order valence-electron chi connectivity index (χ0n) is 12.1. The summed E-state index contributed by atoms with van der Waals surface area (Å²) < 4.78 is 4.89. The Kier molecular flexibility index (Phi) is 6.67. The van der Waals surface area contributed by atoms with Crippen LogP contribution in [0.15, 0.2) is 6.07 Å². The summed E-state index contributed by atoms with van der Waals surface area (Å²) >= 11 is 1.42. The van der Waals surface area contributed by atoms with Gasteiger partial charge in [0.05, 0.1) is 4.88 Å². The Labute approximate surface area is 123 Å². The third-order valence-electron chi connectivity index (χ3n) is 3.01. The van der Waals surface area contributed by atoms with E-state index in [-0.39, 0.29) is 5.91 Å². The molecule has 1 atom stereocenters. The molecule has 2 N–H and O–H groups in total. The van der Waals surface area contributed by atoms with Crippen molar-refractivity contribution in [1.29, 1.82) is 0 Å². The highest BCUT2D eigenvalue weighted by Crippen LogP contribution is 2.22. The molecule has 1 heterocycles. The SMILES string of the molecule is CCc1sc(C(=O)NC(CCCOC)C(=O)O)cc1C. The lowest BCUT2D eigenvalue weighted by Gasteiger charge is -2.13. The van der Waals surface area contributed by atoms with Gasteiger partial charge < -0.3 is 15.2 Å². The molecule has 0 fully saturated rings. The minimum absolute atomic E-state index is 0.317. The van der Waals surface area contributed by atoms with Crippen molar-refractivity contribution in [3.63, 3.8) is 0 Å². The van der Waals surface area contributed by atoms with Gasteiger partial charge in [0.2, 0.25) is 0 Å². The predicted octanol–water partition coefficient (Wildman–Crippen LogP) is 2.23. The molecule has 0 saturated heterocycles. The minimum atomic E-state index is -1.02. The Hall–Kier alpha value is -1.40. The standard InChI is InChI=1S/C14H21NO4S/c1-4-11-9(2)8-12(20-11)13(16)15-10(14(17)18)6-5-7-19-3/h8,10H,4-7H2,1-3H3,(H,15,16)(H,17,18). The topological polar surface area (TPSA) is 75.6 Å². The summed E-state index contributed by atoms with van der Waals surface area (Å²) in [5.74, 6) is -1.33. The van der Waals surface area contributed by atoms with E-state index >= 15 is 0 Å². The fourth-order valence-corrected chi connectivity index (χ4v) is 2.92. The molecule has 0 spiro atoms. The average Bonchev–Trinajstić information content (AvgIpc) is 2.78. The molecule has 1 unspecified atom stereocenters. The molecule has 0 aliphatic carbocycles. The number of thiophene rings is 1. The second-order valence-electron chi connectivity index (χ2n) is 4.57. The molecule has 20 heavy (non-hydrogen) atoms. The van der Waals surface area contributed by atoms with E-state index in [2.05, 4.69) is 5.32 Å². The highest BCUT2D eigenvalue weighted by atomic mass is 32.1. The summed E-state index contributed by atoms with van der Waals surface area (Å²) in [6, 6.07) is 0.942. The normalized spacial score (nSPS) is 12.2. The van der Waals surface area contributed by atoms with Gasteiger partial charge in [-0.25, -0.2) is 4.79 Å². The van der Waals surface area contributed by atoms with Crippen LogP contribution in [0.5, 0.6) is 0 Å². The first-order valence-electron chi connectivity index (χ1n) is 6.61. The molecule has 6 heteroatoms. The van der Waals surface area contributed by atoms with Crippen LogP contribution in [-0.4, -0.2) is 36.7 Å². The molecule has 0 bridgehead atoms. The molecule has 1 aromatic heterocycles. The Bertz CT molecular complexity index is 470. The Morgan fingerprint density at radius 1 is 1.50 bits per heavy atom. The van der Waals surface area contributed by atoms with E-state index < -0.39 is 12.0 Å². The number of carboxylic acids is 1. The number of carbonyl (C=O) groups excluding carboxylic acids is 1. The van der Waals surface area contributed by atoms with Crippen molar-refractivity contribution >= 4 is 23.2 Å². The number of carbonyl (C=O) groups is 2. The molecular weight excluding hydrogens is 278 g/mol. The molecule has 1 aromatic rings. The van der Waals surface area contributed by atoms with Crippen molar-refractivity contribution in [2.24, 2.45) is 0 Å². The first-order chi connectivity index (χ1) is 9.49. The maximum Gasteiger partial charge on any atom is 0.326 e. The first-order valence-corrected chi connectivity index (χ1v) is 7.43. The molecular formula is C14H21NO4S. The number of hydrogen-bond acceptors (Lipinski definition) is 4. The summed E-state index contributed by atoms with van der Waals surface area (Å²) in [5.41, 5.74) is 1.08. The maximum absolute atomic E-state index is 12.1. The molecule has 0 aliphatic rings.